The number of hydrogen-bond acceptors (Lipinski definition) is 4. The Labute approximate surface area is 119 Å². The van der Waals surface area contributed by atoms with Crippen LogP contribution in [0.15, 0.2) is 11.2 Å². The molecule has 0 aliphatic heterocycles. The largest absolute Gasteiger partial charge is 0.310 e. The molecule has 1 heterocycles. The van der Waals surface area contributed by atoms with Gasteiger partial charge in [0.15, 0.2) is 5.03 Å². The van der Waals surface area contributed by atoms with Gasteiger partial charge in [-0.1, -0.05) is 6.92 Å². The van der Waals surface area contributed by atoms with Gasteiger partial charge >= 0.3 is 0 Å². The van der Waals surface area contributed by atoms with Gasteiger partial charge < -0.3 is 5.32 Å². The van der Waals surface area contributed by atoms with Crippen LogP contribution < -0.4 is 10.0 Å². The second kappa shape index (κ2) is 5.46. The van der Waals surface area contributed by atoms with Crippen LogP contribution in [-0.2, 0) is 16.6 Å². The minimum atomic E-state index is -3.48. The summed E-state index contributed by atoms with van der Waals surface area (Å²) in [6.07, 6.45) is 6.40. The lowest BCUT2D eigenvalue weighted by Crippen LogP contribution is -2.30. The first-order valence-electron chi connectivity index (χ1n) is 7.31. The summed E-state index contributed by atoms with van der Waals surface area (Å²) in [7, 11) is -3.48. The highest BCUT2D eigenvalue weighted by molar-refractivity contribution is 7.89. The van der Waals surface area contributed by atoms with Crippen molar-refractivity contribution < 1.29 is 8.42 Å². The topological polar surface area (TPSA) is 86.9 Å². The summed E-state index contributed by atoms with van der Waals surface area (Å²) in [6.45, 7) is 3.15. The first kappa shape index (κ1) is 14.0. The Hall–Kier alpha value is -0.920. The summed E-state index contributed by atoms with van der Waals surface area (Å²) in [4.78, 5) is 0. The third-order valence-electron chi connectivity index (χ3n) is 4.13. The van der Waals surface area contributed by atoms with E-state index in [1.807, 2.05) is 0 Å². The maximum absolute atomic E-state index is 12.3. The fourth-order valence-corrected chi connectivity index (χ4v) is 3.61. The zero-order valence-electron chi connectivity index (χ0n) is 11.7. The number of nitrogens with one attached hydrogen (secondary N) is 3. The third kappa shape index (κ3) is 3.39. The van der Waals surface area contributed by atoms with E-state index >= 15 is 0 Å². The van der Waals surface area contributed by atoms with Gasteiger partial charge in [0.25, 0.3) is 10.0 Å². The molecule has 6 nitrogen and oxygen atoms in total. The number of aromatic nitrogens is 2. The van der Waals surface area contributed by atoms with E-state index in [-0.39, 0.29) is 5.03 Å². The van der Waals surface area contributed by atoms with E-state index in [2.05, 4.69) is 27.2 Å². The van der Waals surface area contributed by atoms with Crippen LogP contribution in [0.4, 0.5) is 0 Å². The maximum atomic E-state index is 12.3. The van der Waals surface area contributed by atoms with Gasteiger partial charge in [0.1, 0.15) is 0 Å². The second-order valence-corrected chi connectivity index (χ2v) is 7.75. The average Bonchev–Trinajstić information content (AvgIpc) is 3.32. The number of hydrogen-bond donors (Lipinski definition) is 3. The van der Waals surface area contributed by atoms with Gasteiger partial charge in [0.05, 0.1) is 6.20 Å². The van der Waals surface area contributed by atoms with Gasteiger partial charge in [-0.3, -0.25) is 5.10 Å². The molecular formula is C13H22N4O2S. The second-order valence-electron chi connectivity index (χ2n) is 6.05. The Balaban J connectivity index is 1.61. The summed E-state index contributed by atoms with van der Waals surface area (Å²) >= 11 is 0. The van der Waals surface area contributed by atoms with Crippen molar-refractivity contribution >= 4 is 10.0 Å². The molecule has 20 heavy (non-hydrogen) atoms. The van der Waals surface area contributed by atoms with E-state index in [9.17, 15) is 8.42 Å². The number of rotatable bonds is 8. The van der Waals surface area contributed by atoms with Gasteiger partial charge in [-0.15, -0.1) is 0 Å². The molecule has 1 aromatic heterocycles. The minimum absolute atomic E-state index is 0.202. The van der Waals surface area contributed by atoms with Crippen LogP contribution in [0.3, 0.4) is 0 Å². The van der Waals surface area contributed by atoms with Gasteiger partial charge in [-0.2, -0.15) is 5.10 Å². The fourth-order valence-electron chi connectivity index (χ4n) is 2.34. The Morgan fingerprint density at radius 1 is 1.40 bits per heavy atom. The molecule has 2 saturated carbocycles. The quantitative estimate of drug-likeness (QED) is 0.668. The Morgan fingerprint density at radius 2 is 2.15 bits per heavy atom. The predicted molar refractivity (Wildman–Crippen MR) is 75.5 cm³/mol. The number of sulfonamides is 1. The van der Waals surface area contributed by atoms with Crippen molar-refractivity contribution in [3.63, 3.8) is 0 Å². The van der Waals surface area contributed by atoms with Gasteiger partial charge in [-0.25, -0.2) is 13.1 Å². The van der Waals surface area contributed by atoms with Crippen molar-refractivity contribution in [2.24, 2.45) is 11.8 Å². The first-order chi connectivity index (χ1) is 9.56. The molecule has 0 amide bonds. The van der Waals surface area contributed by atoms with E-state index in [0.717, 1.165) is 0 Å². The Kier molecular flexibility index (Phi) is 3.83. The lowest BCUT2D eigenvalue weighted by atomic mass is 10.1. The normalized spacial score (nSPS) is 21.1. The molecule has 0 bridgehead atoms. The monoisotopic (exact) mass is 298 g/mol. The zero-order chi connectivity index (χ0) is 14.2. The summed E-state index contributed by atoms with van der Waals surface area (Å²) in [5, 5.41) is 10.0. The highest BCUT2D eigenvalue weighted by atomic mass is 32.2. The smallest absolute Gasteiger partial charge is 0.257 e. The van der Waals surface area contributed by atoms with Crippen molar-refractivity contribution in [1.29, 1.82) is 0 Å². The Morgan fingerprint density at radius 3 is 2.80 bits per heavy atom. The molecule has 2 aliphatic rings. The zero-order valence-corrected chi connectivity index (χ0v) is 12.5. The number of H-pyrrole nitrogens is 1. The molecule has 3 N–H and O–H groups in total. The van der Waals surface area contributed by atoms with Crippen molar-refractivity contribution in [3.05, 3.63) is 11.8 Å². The standard InChI is InChI=1S/C13H22N4O2S/c1-9(10-2-3-10)6-16-20(18,19)13-11(8-15-17-13)7-14-12-4-5-12/h8-10,12,14,16H,2-7H2,1H3,(H,15,17). The highest BCUT2D eigenvalue weighted by Crippen LogP contribution is 2.36. The van der Waals surface area contributed by atoms with Gasteiger partial charge in [0.2, 0.25) is 0 Å². The molecule has 3 rings (SSSR count). The number of nitrogens with zero attached hydrogens (tertiary/aromatic N) is 1. The van der Waals surface area contributed by atoms with Crippen LogP contribution in [0, 0.1) is 11.8 Å². The molecule has 0 spiro atoms. The fraction of sp³-hybridized carbons (Fsp3) is 0.769. The molecular weight excluding hydrogens is 276 g/mol. The van der Waals surface area contributed by atoms with Crippen LogP contribution in [-0.4, -0.2) is 31.2 Å². The van der Waals surface area contributed by atoms with E-state index in [0.29, 0.717) is 36.5 Å². The lowest BCUT2D eigenvalue weighted by Gasteiger charge is -2.12. The molecule has 0 radical (unpaired) electrons. The molecule has 1 atom stereocenters. The molecule has 2 aliphatic carbocycles. The summed E-state index contributed by atoms with van der Waals surface area (Å²) in [6, 6.07) is 0.545. The molecule has 0 saturated heterocycles. The van der Waals surface area contributed by atoms with Crippen LogP contribution >= 0.6 is 0 Å². The molecule has 1 unspecified atom stereocenters. The molecule has 112 valence electrons. The van der Waals surface area contributed by atoms with E-state index in [1.165, 1.54) is 25.7 Å². The predicted octanol–water partition coefficient (Wildman–Crippen LogP) is 0.986. The molecule has 1 aromatic rings. The maximum Gasteiger partial charge on any atom is 0.257 e. The van der Waals surface area contributed by atoms with Crippen molar-refractivity contribution in [2.75, 3.05) is 6.54 Å². The third-order valence-corrected chi connectivity index (χ3v) is 5.57. The van der Waals surface area contributed by atoms with Crippen LogP contribution in [0.2, 0.25) is 0 Å². The summed E-state index contributed by atoms with van der Waals surface area (Å²) in [5.41, 5.74) is 0.712. The lowest BCUT2D eigenvalue weighted by molar-refractivity contribution is 0.490. The van der Waals surface area contributed by atoms with Crippen LogP contribution in [0.5, 0.6) is 0 Å². The molecule has 0 aromatic carbocycles. The molecule has 7 heteroatoms. The van der Waals surface area contributed by atoms with E-state index in [1.54, 1.807) is 6.20 Å². The Bertz CT molecular complexity index is 561. The van der Waals surface area contributed by atoms with E-state index in [4.69, 9.17) is 0 Å². The van der Waals surface area contributed by atoms with Crippen LogP contribution in [0.25, 0.3) is 0 Å². The van der Waals surface area contributed by atoms with Crippen molar-refractivity contribution in [2.45, 2.75) is 50.2 Å². The highest BCUT2D eigenvalue weighted by Gasteiger charge is 2.30. The van der Waals surface area contributed by atoms with Crippen molar-refractivity contribution in [3.8, 4) is 0 Å². The number of aromatic amines is 1. The van der Waals surface area contributed by atoms with Crippen LogP contribution in [0.1, 0.15) is 38.2 Å². The first-order valence-corrected chi connectivity index (χ1v) is 8.80. The molecule has 2 fully saturated rings. The van der Waals surface area contributed by atoms with E-state index < -0.39 is 10.0 Å². The minimum Gasteiger partial charge on any atom is -0.310 e. The summed E-state index contributed by atoms with van der Waals surface area (Å²) in [5.74, 6) is 1.09. The average molecular weight is 298 g/mol. The van der Waals surface area contributed by atoms with Gasteiger partial charge in [-0.05, 0) is 37.5 Å². The van der Waals surface area contributed by atoms with Crippen molar-refractivity contribution in [1.82, 2.24) is 20.2 Å². The SMILES string of the molecule is CC(CNS(=O)(=O)c1[nH]ncc1CNC1CC1)C1CC1. The van der Waals surface area contributed by atoms with Gasteiger partial charge in [0, 0.05) is 24.7 Å². The summed E-state index contributed by atoms with van der Waals surface area (Å²) < 4.78 is 27.3.